The lowest BCUT2D eigenvalue weighted by atomic mass is 10.1. The van der Waals surface area contributed by atoms with Crippen LogP contribution in [0.5, 0.6) is 5.75 Å². The molecule has 0 unspecified atom stereocenters. The topological polar surface area (TPSA) is 32.6 Å². The Morgan fingerprint density at radius 3 is 2.57 bits per heavy atom. The first-order chi connectivity index (χ1) is 6.79. The third-order valence-electron chi connectivity index (χ3n) is 2.38. The van der Waals surface area contributed by atoms with Gasteiger partial charge in [-0.15, -0.1) is 0 Å². The first-order valence-corrected chi connectivity index (χ1v) is 4.85. The highest BCUT2D eigenvalue weighted by Crippen LogP contribution is 2.24. The molecular weight excluding hydrogens is 174 g/mol. The highest BCUT2D eigenvalue weighted by molar-refractivity contribution is 5.95. The van der Waals surface area contributed by atoms with Crippen LogP contribution < -0.4 is 0 Å². The molecule has 0 bridgehead atoms. The van der Waals surface area contributed by atoms with Gasteiger partial charge in [-0.05, 0) is 30.7 Å². The van der Waals surface area contributed by atoms with E-state index in [2.05, 4.69) is 18.0 Å². The van der Waals surface area contributed by atoms with E-state index in [1.807, 2.05) is 12.1 Å². The van der Waals surface area contributed by atoms with Crippen LogP contribution in [0.15, 0.2) is 35.3 Å². The van der Waals surface area contributed by atoms with Gasteiger partial charge < -0.3 is 5.11 Å². The summed E-state index contributed by atoms with van der Waals surface area (Å²) in [6.07, 6.45) is 4.11. The number of aromatic hydroxyl groups is 1. The molecule has 72 valence electrons. The number of aliphatic imine (C=N–C) groups is 1. The lowest BCUT2D eigenvalue weighted by Gasteiger charge is -1.98. The van der Waals surface area contributed by atoms with E-state index < -0.39 is 0 Å². The van der Waals surface area contributed by atoms with Crippen molar-refractivity contribution in [3.05, 3.63) is 35.9 Å². The molecular formula is C12H13NO. The van der Waals surface area contributed by atoms with Crippen molar-refractivity contribution in [1.82, 2.24) is 0 Å². The molecule has 14 heavy (non-hydrogen) atoms. The monoisotopic (exact) mass is 187 g/mol. The summed E-state index contributed by atoms with van der Waals surface area (Å²) >= 11 is 0. The molecule has 1 aliphatic rings. The van der Waals surface area contributed by atoms with Gasteiger partial charge in [0.2, 0.25) is 0 Å². The van der Waals surface area contributed by atoms with Crippen LogP contribution in [-0.2, 0) is 0 Å². The smallest absolute Gasteiger partial charge is 0.115 e. The third-order valence-corrected chi connectivity index (χ3v) is 2.38. The van der Waals surface area contributed by atoms with Gasteiger partial charge in [-0.2, -0.15) is 0 Å². The van der Waals surface area contributed by atoms with E-state index in [1.54, 1.807) is 12.1 Å². The number of hydrogen-bond donors (Lipinski definition) is 1. The summed E-state index contributed by atoms with van der Waals surface area (Å²) in [5, 5.41) is 9.14. The Morgan fingerprint density at radius 2 is 2.00 bits per heavy atom. The summed E-state index contributed by atoms with van der Waals surface area (Å²) in [4.78, 5) is 4.50. The number of phenolic OH excluding ortho intramolecular Hbond substituents is 1. The molecule has 0 saturated carbocycles. The fraction of sp³-hybridized carbons (Fsp3) is 0.250. The maximum Gasteiger partial charge on any atom is 0.115 e. The molecule has 2 heteroatoms. The standard InChI is InChI=1S/C12H13NO/c1-2-10-5-8-12(13-10)9-3-6-11(14)7-4-9/h3-4,6-8,14H,2,5H2,1H3. The number of benzene rings is 1. The number of phenols is 1. The zero-order valence-corrected chi connectivity index (χ0v) is 8.20. The number of allylic oxidation sites excluding steroid dienone is 1. The molecule has 0 amide bonds. The Balaban J connectivity index is 2.25. The Morgan fingerprint density at radius 1 is 1.29 bits per heavy atom. The molecule has 2 rings (SSSR count). The van der Waals surface area contributed by atoms with Gasteiger partial charge in [-0.1, -0.05) is 13.0 Å². The summed E-state index contributed by atoms with van der Waals surface area (Å²) < 4.78 is 0. The second kappa shape index (κ2) is 3.66. The molecule has 0 spiro atoms. The largest absolute Gasteiger partial charge is 0.508 e. The molecule has 0 aromatic heterocycles. The van der Waals surface area contributed by atoms with Gasteiger partial charge in [0.1, 0.15) is 5.75 Å². The van der Waals surface area contributed by atoms with Gasteiger partial charge in [0, 0.05) is 17.7 Å². The van der Waals surface area contributed by atoms with Crippen molar-refractivity contribution in [3.8, 4) is 5.75 Å². The van der Waals surface area contributed by atoms with Crippen molar-refractivity contribution in [2.24, 2.45) is 4.99 Å². The zero-order chi connectivity index (χ0) is 9.97. The van der Waals surface area contributed by atoms with Gasteiger partial charge in [0.15, 0.2) is 0 Å². The van der Waals surface area contributed by atoms with Crippen LogP contribution in [0.2, 0.25) is 0 Å². The van der Waals surface area contributed by atoms with Crippen LogP contribution in [-0.4, -0.2) is 10.8 Å². The molecule has 0 aliphatic carbocycles. The minimum Gasteiger partial charge on any atom is -0.508 e. The van der Waals surface area contributed by atoms with Crippen molar-refractivity contribution in [1.29, 1.82) is 0 Å². The Kier molecular flexibility index (Phi) is 2.35. The van der Waals surface area contributed by atoms with Crippen LogP contribution in [0.4, 0.5) is 0 Å². The van der Waals surface area contributed by atoms with E-state index in [0.717, 1.165) is 24.1 Å². The highest BCUT2D eigenvalue weighted by Gasteiger charge is 2.08. The molecule has 0 radical (unpaired) electrons. The zero-order valence-electron chi connectivity index (χ0n) is 8.20. The van der Waals surface area contributed by atoms with E-state index in [4.69, 9.17) is 5.11 Å². The molecule has 1 aromatic carbocycles. The summed E-state index contributed by atoms with van der Waals surface area (Å²) in [5.74, 6) is 0.298. The minimum absolute atomic E-state index is 0.298. The van der Waals surface area contributed by atoms with E-state index in [1.165, 1.54) is 5.71 Å². The van der Waals surface area contributed by atoms with Gasteiger partial charge in [0.05, 0.1) is 5.70 Å². The van der Waals surface area contributed by atoms with E-state index in [0.29, 0.717) is 5.75 Å². The average Bonchev–Trinajstić information content (AvgIpc) is 2.67. The fourth-order valence-corrected chi connectivity index (χ4v) is 1.51. The summed E-state index contributed by atoms with van der Waals surface area (Å²) in [5.41, 5.74) is 3.33. The molecule has 0 atom stereocenters. The predicted molar refractivity (Wildman–Crippen MR) is 58.4 cm³/mol. The van der Waals surface area contributed by atoms with Crippen molar-refractivity contribution < 1.29 is 5.11 Å². The lowest BCUT2D eigenvalue weighted by Crippen LogP contribution is -1.87. The van der Waals surface area contributed by atoms with E-state index in [9.17, 15) is 0 Å². The maximum absolute atomic E-state index is 9.14. The maximum atomic E-state index is 9.14. The molecule has 0 saturated heterocycles. The molecule has 2 nitrogen and oxygen atoms in total. The van der Waals surface area contributed by atoms with Crippen LogP contribution in [0.25, 0.3) is 5.70 Å². The molecule has 1 aromatic rings. The molecule has 0 fully saturated rings. The van der Waals surface area contributed by atoms with Crippen LogP contribution in [0.3, 0.4) is 0 Å². The second-order valence-electron chi connectivity index (χ2n) is 3.37. The van der Waals surface area contributed by atoms with Crippen molar-refractivity contribution in [3.63, 3.8) is 0 Å². The van der Waals surface area contributed by atoms with Gasteiger partial charge in [-0.3, -0.25) is 4.99 Å². The van der Waals surface area contributed by atoms with E-state index in [-0.39, 0.29) is 0 Å². The second-order valence-corrected chi connectivity index (χ2v) is 3.37. The SMILES string of the molecule is CCC1=NC(c2ccc(O)cc2)=CC1. The van der Waals surface area contributed by atoms with Crippen molar-refractivity contribution in [2.75, 3.05) is 0 Å². The molecule has 1 N–H and O–H groups in total. The Bertz CT molecular complexity index is 387. The highest BCUT2D eigenvalue weighted by atomic mass is 16.3. The fourth-order valence-electron chi connectivity index (χ4n) is 1.51. The van der Waals surface area contributed by atoms with Gasteiger partial charge in [-0.25, -0.2) is 0 Å². The minimum atomic E-state index is 0.298. The van der Waals surface area contributed by atoms with Crippen LogP contribution in [0.1, 0.15) is 25.3 Å². The van der Waals surface area contributed by atoms with E-state index >= 15 is 0 Å². The van der Waals surface area contributed by atoms with Crippen LogP contribution in [0, 0.1) is 0 Å². The Hall–Kier alpha value is -1.57. The number of hydrogen-bond acceptors (Lipinski definition) is 2. The molecule has 1 aliphatic heterocycles. The van der Waals surface area contributed by atoms with Crippen molar-refractivity contribution in [2.45, 2.75) is 19.8 Å². The summed E-state index contributed by atoms with van der Waals surface area (Å²) in [6.45, 7) is 2.12. The lowest BCUT2D eigenvalue weighted by molar-refractivity contribution is 0.475. The Labute approximate surface area is 83.6 Å². The normalized spacial score (nSPS) is 15.2. The van der Waals surface area contributed by atoms with Crippen LogP contribution >= 0.6 is 0 Å². The number of nitrogens with zero attached hydrogens (tertiary/aromatic N) is 1. The molecule has 1 heterocycles. The predicted octanol–water partition coefficient (Wildman–Crippen LogP) is 2.99. The first kappa shape index (κ1) is 9.00. The summed E-state index contributed by atoms with van der Waals surface area (Å²) in [6, 6.07) is 7.16. The van der Waals surface area contributed by atoms with Gasteiger partial charge >= 0.3 is 0 Å². The third kappa shape index (κ3) is 1.69. The quantitative estimate of drug-likeness (QED) is 0.758. The van der Waals surface area contributed by atoms with Gasteiger partial charge in [0.25, 0.3) is 0 Å². The first-order valence-electron chi connectivity index (χ1n) is 4.85. The summed E-state index contributed by atoms with van der Waals surface area (Å²) in [7, 11) is 0. The number of rotatable bonds is 2. The average molecular weight is 187 g/mol. The van der Waals surface area contributed by atoms with Crippen molar-refractivity contribution >= 4 is 11.4 Å².